The first-order valence-corrected chi connectivity index (χ1v) is 6.35. The van der Waals surface area contributed by atoms with Crippen molar-refractivity contribution in [3.05, 3.63) is 40.2 Å². The average Bonchev–Trinajstić information content (AvgIpc) is 2.80. The van der Waals surface area contributed by atoms with Gasteiger partial charge in [0.15, 0.2) is 4.34 Å². The third-order valence-electron chi connectivity index (χ3n) is 2.06. The quantitative estimate of drug-likeness (QED) is 0.396. The Morgan fingerprint density at radius 3 is 3.00 bits per heavy atom. The predicted octanol–water partition coefficient (Wildman–Crippen LogP) is 2.32. The second kappa shape index (κ2) is 5.11. The van der Waals surface area contributed by atoms with Gasteiger partial charge in [-0.15, -0.1) is 0 Å². The smallest absolute Gasteiger partial charge is 0.292 e. The molecule has 1 heterocycles. The van der Waals surface area contributed by atoms with E-state index in [4.69, 9.17) is 5.73 Å². The number of hydrogen-bond donors (Lipinski definition) is 1. The van der Waals surface area contributed by atoms with Crippen LogP contribution in [0.5, 0.6) is 0 Å². The summed E-state index contributed by atoms with van der Waals surface area (Å²) in [7, 11) is 0. The van der Waals surface area contributed by atoms with Gasteiger partial charge >= 0.3 is 0 Å². The molecule has 0 aliphatic heterocycles. The van der Waals surface area contributed by atoms with Gasteiger partial charge in [-0.25, -0.2) is 4.98 Å². The SMILES string of the molecule is Nc1c(CSc2ncns2)cccc1[N+](=O)[O-]. The molecule has 17 heavy (non-hydrogen) atoms. The van der Waals surface area contributed by atoms with Gasteiger partial charge in [0.1, 0.15) is 12.0 Å². The lowest BCUT2D eigenvalue weighted by Gasteiger charge is -2.04. The molecule has 0 saturated carbocycles. The highest BCUT2D eigenvalue weighted by molar-refractivity contribution is 8.00. The number of hydrogen-bond acceptors (Lipinski definition) is 7. The zero-order valence-electron chi connectivity index (χ0n) is 8.57. The number of thioether (sulfide) groups is 1. The van der Waals surface area contributed by atoms with Crippen molar-refractivity contribution in [1.82, 2.24) is 9.36 Å². The molecule has 0 amide bonds. The van der Waals surface area contributed by atoms with Gasteiger partial charge in [0.05, 0.1) is 4.92 Å². The Morgan fingerprint density at radius 1 is 1.53 bits per heavy atom. The summed E-state index contributed by atoms with van der Waals surface area (Å²) in [5, 5.41) is 10.7. The Hall–Kier alpha value is -1.67. The molecule has 1 aromatic carbocycles. The van der Waals surface area contributed by atoms with Gasteiger partial charge in [0.2, 0.25) is 0 Å². The van der Waals surface area contributed by atoms with Crippen LogP contribution in [0, 0.1) is 10.1 Å². The number of aromatic nitrogens is 2. The summed E-state index contributed by atoms with van der Waals surface area (Å²) in [6, 6.07) is 4.80. The predicted molar refractivity (Wildman–Crippen MR) is 67.0 cm³/mol. The number of nitrogens with two attached hydrogens (primary N) is 1. The van der Waals surface area contributed by atoms with Gasteiger partial charge in [0, 0.05) is 11.8 Å². The molecule has 2 aromatic rings. The van der Waals surface area contributed by atoms with E-state index in [1.807, 2.05) is 0 Å². The van der Waals surface area contributed by atoms with E-state index in [9.17, 15) is 10.1 Å². The topological polar surface area (TPSA) is 94.9 Å². The molecule has 0 aliphatic carbocycles. The molecular weight excluding hydrogens is 260 g/mol. The molecule has 0 bridgehead atoms. The third kappa shape index (κ3) is 2.71. The first kappa shape index (κ1) is 11.8. The van der Waals surface area contributed by atoms with Crippen molar-refractivity contribution in [2.24, 2.45) is 0 Å². The van der Waals surface area contributed by atoms with Gasteiger partial charge in [-0.3, -0.25) is 10.1 Å². The molecule has 0 atom stereocenters. The lowest BCUT2D eigenvalue weighted by atomic mass is 10.2. The average molecular weight is 268 g/mol. The van der Waals surface area contributed by atoms with Crippen LogP contribution in [0.25, 0.3) is 0 Å². The highest BCUT2D eigenvalue weighted by Gasteiger charge is 2.14. The van der Waals surface area contributed by atoms with E-state index in [2.05, 4.69) is 9.36 Å². The van der Waals surface area contributed by atoms with Crippen LogP contribution in [0.4, 0.5) is 11.4 Å². The van der Waals surface area contributed by atoms with Crippen LogP contribution in [0.1, 0.15) is 5.56 Å². The number of rotatable bonds is 4. The minimum absolute atomic E-state index is 0.0552. The number of anilines is 1. The van der Waals surface area contributed by atoms with Gasteiger partial charge in [-0.1, -0.05) is 23.9 Å². The first-order valence-electron chi connectivity index (χ1n) is 4.59. The van der Waals surface area contributed by atoms with Crippen molar-refractivity contribution in [2.75, 3.05) is 5.73 Å². The number of nitro groups is 1. The molecule has 2 rings (SSSR count). The number of nitro benzene ring substituents is 1. The standard InChI is InChI=1S/C9H8N4O2S2/c10-8-6(2-1-3-7(8)13(14)15)4-16-9-11-5-12-17-9/h1-3,5H,4,10H2. The molecule has 0 unspecified atom stereocenters. The summed E-state index contributed by atoms with van der Waals surface area (Å²) >= 11 is 2.74. The third-order valence-corrected chi connectivity index (χ3v) is 3.91. The van der Waals surface area contributed by atoms with Crippen molar-refractivity contribution in [2.45, 2.75) is 10.1 Å². The maximum atomic E-state index is 10.7. The Balaban J connectivity index is 2.16. The molecular formula is C9H8N4O2S2. The molecule has 8 heteroatoms. The van der Waals surface area contributed by atoms with Crippen LogP contribution in [0.2, 0.25) is 0 Å². The largest absolute Gasteiger partial charge is 0.393 e. The monoisotopic (exact) mass is 268 g/mol. The van der Waals surface area contributed by atoms with E-state index < -0.39 is 4.92 Å². The Bertz CT molecular complexity index is 530. The van der Waals surface area contributed by atoms with E-state index in [0.29, 0.717) is 5.75 Å². The van der Waals surface area contributed by atoms with Crippen molar-refractivity contribution >= 4 is 34.7 Å². The second-order valence-electron chi connectivity index (χ2n) is 3.10. The minimum Gasteiger partial charge on any atom is -0.393 e. The zero-order valence-corrected chi connectivity index (χ0v) is 10.2. The number of para-hydroxylation sites is 1. The highest BCUT2D eigenvalue weighted by Crippen LogP contribution is 2.30. The lowest BCUT2D eigenvalue weighted by Crippen LogP contribution is -1.99. The van der Waals surface area contributed by atoms with Gasteiger partial charge in [-0.05, 0) is 17.1 Å². The highest BCUT2D eigenvalue weighted by atomic mass is 32.2. The van der Waals surface area contributed by atoms with Crippen LogP contribution < -0.4 is 5.73 Å². The van der Waals surface area contributed by atoms with E-state index in [1.165, 1.54) is 35.7 Å². The molecule has 0 saturated heterocycles. The van der Waals surface area contributed by atoms with Crippen LogP contribution in [0.15, 0.2) is 28.9 Å². The van der Waals surface area contributed by atoms with Crippen LogP contribution in [0.3, 0.4) is 0 Å². The van der Waals surface area contributed by atoms with Crippen molar-refractivity contribution in [3.8, 4) is 0 Å². The summed E-state index contributed by atoms with van der Waals surface area (Å²) in [5.41, 5.74) is 6.63. The zero-order chi connectivity index (χ0) is 12.3. The molecule has 2 N–H and O–H groups in total. The lowest BCUT2D eigenvalue weighted by molar-refractivity contribution is -0.383. The van der Waals surface area contributed by atoms with Crippen molar-refractivity contribution in [1.29, 1.82) is 0 Å². The summed E-state index contributed by atoms with van der Waals surface area (Å²) in [6.45, 7) is 0. The number of nitrogens with zero attached hydrogens (tertiary/aromatic N) is 3. The van der Waals surface area contributed by atoms with Gasteiger partial charge < -0.3 is 5.73 Å². The van der Waals surface area contributed by atoms with Gasteiger partial charge in [-0.2, -0.15) is 4.37 Å². The molecule has 0 aliphatic rings. The van der Waals surface area contributed by atoms with Crippen LogP contribution in [-0.2, 0) is 5.75 Å². The molecule has 1 aromatic heterocycles. The van der Waals surface area contributed by atoms with E-state index in [1.54, 1.807) is 12.1 Å². The molecule has 0 fully saturated rings. The maximum Gasteiger partial charge on any atom is 0.292 e. The molecule has 0 spiro atoms. The fourth-order valence-electron chi connectivity index (χ4n) is 1.25. The van der Waals surface area contributed by atoms with E-state index in [0.717, 1.165) is 9.90 Å². The second-order valence-corrected chi connectivity index (χ2v) is 5.11. The van der Waals surface area contributed by atoms with Crippen molar-refractivity contribution in [3.63, 3.8) is 0 Å². The fraction of sp³-hybridized carbons (Fsp3) is 0.111. The van der Waals surface area contributed by atoms with Crippen molar-refractivity contribution < 1.29 is 4.92 Å². The molecule has 88 valence electrons. The first-order chi connectivity index (χ1) is 8.18. The maximum absolute atomic E-state index is 10.7. The van der Waals surface area contributed by atoms with Crippen LogP contribution in [-0.4, -0.2) is 14.3 Å². The number of benzene rings is 1. The van der Waals surface area contributed by atoms with E-state index >= 15 is 0 Å². The fourth-order valence-corrected chi connectivity index (χ4v) is 2.70. The Kier molecular flexibility index (Phi) is 3.55. The minimum atomic E-state index is -0.478. The molecule has 0 radical (unpaired) electrons. The van der Waals surface area contributed by atoms with Crippen LogP contribution >= 0.6 is 23.3 Å². The summed E-state index contributed by atoms with van der Waals surface area (Å²) in [6.07, 6.45) is 1.48. The summed E-state index contributed by atoms with van der Waals surface area (Å²) in [4.78, 5) is 14.2. The number of nitrogen functional groups attached to an aromatic ring is 1. The summed E-state index contributed by atoms with van der Waals surface area (Å²) in [5.74, 6) is 0.544. The Labute approximate surface area is 105 Å². The summed E-state index contributed by atoms with van der Waals surface area (Å²) < 4.78 is 4.69. The van der Waals surface area contributed by atoms with E-state index in [-0.39, 0.29) is 11.4 Å². The molecule has 6 nitrogen and oxygen atoms in total. The normalized spacial score (nSPS) is 10.4. The van der Waals surface area contributed by atoms with Gasteiger partial charge in [0.25, 0.3) is 5.69 Å². The Morgan fingerprint density at radius 2 is 2.35 bits per heavy atom.